The summed E-state index contributed by atoms with van der Waals surface area (Å²) in [5, 5.41) is 5.74. The summed E-state index contributed by atoms with van der Waals surface area (Å²) in [4.78, 5) is 28.9. The Morgan fingerprint density at radius 1 is 0.962 bits per heavy atom. The molecule has 2 heterocycles. The number of rotatable bonds is 4. The maximum absolute atomic E-state index is 12.4. The van der Waals surface area contributed by atoms with Gasteiger partial charge in [-0.05, 0) is 31.4 Å². The standard InChI is InChI=1S/C18H25N3O4S/c22-17(21-15-8-10-26(24,25)12-15)13-7-9-19-16(11-13)18(23)20-14-5-3-1-2-4-6-14/h7,9,11,14-15H,1-6,8,10,12H2,(H,20,23)(H,21,22). The molecule has 0 aromatic carbocycles. The largest absolute Gasteiger partial charge is 0.348 e. The molecule has 1 aliphatic carbocycles. The molecule has 0 radical (unpaired) electrons. The molecule has 0 bridgehead atoms. The molecule has 3 rings (SSSR count). The zero-order valence-electron chi connectivity index (χ0n) is 14.7. The van der Waals surface area contributed by atoms with Gasteiger partial charge in [0.05, 0.1) is 11.5 Å². The number of aromatic nitrogens is 1. The van der Waals surface area contributed by atoms with Crippen LogP contribution in [0.25, 0.3) is 0 Å². The van der Waals surface area contributed by atoms with Crippen LogP contribution in [0.4, 0.5) is 0 Å². The van der Waals surface area contributed by atoms with Gasteiger partial charge in [0.2, 0.25) is 0 Å². The fraction of sp³-hybridized carbons (Fsp3) is 0.611. The fourth-order valence-electron chi connectivity index (χ4n) is 3.56. The molecule has 2 aliphatic rings. The van der Waals surface area contributed by atoms with Crippen LogP contribution in [0.5, 0.6) is 0 Å². The van der Waals surface area contributed by atoms with E-state index in [1.165, 1.54) is 31.2 Å². The number of nitrogens with one attached hydrogen (secondary N) is 2. The van der Waals surface area contributed by atoms with E-state index >= 15 is 0 Å². The smallest absolute Gasteiger partial charge is 0.270 e. The maximum Gasteiger partial charge on any atom is 0.270 e. The Hall–Kier alpha value is -1.96. The van der Waals surface area contributed by atoms with E-state index in [9.17, 15) is 18.0 Å². The van der Waals surface area contributed by atoms with Crippen molar-refractivity contribution < 1.29 is 18.0 Å². The zero-order chi connectivity index (χ0) is 18.6. The molecule has 1 unspecified atom stereocenters. The van der Waals surface area contributed by atoms with Crippen LogP contribution in [0.2, 0.25) is 0 Å². The van der Waals surface area contributed by atoms with Crippen molar-refractivity contribution in [1.82, 2.24) is 15.6 Å². The summed E-state index contributed by atoms with van der Waals surface area (Å²) >= 11 is 0. The summed E-state index contributed by atoms with van der Waals surface area (Å²) in [5.74, 6) is -0.574. The first-order valence-corrected chi connectivity index (χ1v) is 11.0. The van der Waals surface area contributed by atoms with Crippen LogP contribution in [0.15, 0.2) is 18.3 Å². The van der Waals surface area contributed by atoms with Crippen LogP contribution in [-0.4, -0.2) is 48.8 Å². The maximum atomic E-state index is 12.4. The summed E-state index contributed by atoms with van der Waals surface area (Å²) in [6, 6.07) is 2.78. The van der Waals surface area contributed by atoms with Gasteiger partial charge < -0.3 is 10.6 Å². The van der Waals surface area contributed by atoms with Crippen LogP contribution in [0, 0.1) is 0 Å². The molecule has 1 saturated heterocycles. The summed E-state index contributed by atoms with van der Waals surface area (Å²) in [6.45, 7) is 0. The second-order valence-electron chi connectivity index (χ2n) is 7.17. The minimum absolute atomic E-state index is 0.0289. The number of nitrogens with zero attached hydrogens (tertiary/aromatic N) is 1. The molecule has 1 aromatic heterocycles. The molecule has 1 saturated carbocycles. The first kappa shape index (κ1) is 18.8. The van der Waals surface area contributed by atoms with Crippen molar-refractivity contribution in [2.75, 3.05) is 11.5 Å². The van der Waals surface area contributed by atoms with Gasteiger partial charge in [-0.2, -0.15) is 0 Å². The highest BCUT2D eigenvalue weighted by atomic mass is 32.2. The topological polar surface area (TPSA) is 105 Å². The van der Waals surface area contributed by atoms with Crippen molar-refractivity contribution in [3.05, 3.63) is 29.6 Å². The van der Waals surface area contributed by atoms with Gasteiger partial charge in [0.25, 0.3) is 11.8 Å². The van der Waals surface area contributed by atoms with Gasteiger partial charge >= 0.3 is 0 Å². The quantitative estimate of drug-likeness (QED) is 0.771. The van der Waals surface area contributed by atoms with E-state index in [2.05, 4.69) is 15.6 Å². The third-order valence-electron chi connectivity index (χ3n) is 5.01. The van der Waals surface area contributed by atoms with Gasteiger partial charge in [-0.1, -0.05) is 25.7 Å². The van der Waals surface area contributed by atoms with E-state index in [0.29, 0.717) is 12.0 Å². The predicted molar refractivity (Wildman–Crippen MR) is 97.7 cm³/mol. The van der Waals surface area contributed by atoms with Crippen molar-refractivity contribution in [3.63, 3.8) is 0 Å². The minimum atomic E-state index is -3.06. The van der Waals surface area contributed by atoms with E-state index in [4.69, 9.17) is 0 Å². The molecule has 8 heteroatoms. The third-order valence-corrected chi connectivity index (χ3v) is 6.78. The highest BCUT2D eigenvalue weighted by Gasteiger charge is 2.29. The SMILES string of the molecule is O=C(NC1CCS(=O)(=O)C1)c1ccnc(C(=O)NC2CCCCCC2)c1. The summed E-state index contributed by atoms with van der Waals surface area (Å²) < 4.78 is 23.0. The normalized spacial score (nSPS) is 23.2. The number of hydrogen-bond acceptors (Lipinski definition) is 5. The number of amides is 2. The van der Waals surface area contributed by atoms with Gasteiger partial charge in [-0.15, -0.1) is 0 Å². The number of pyridine rings is 1. The van der Waals surface area contributed by atoms with Crippen LogP contribution in [-0.2, 0) is 9.84 Å². The van der Waals surface area contributed by atoms with Gasteiger partial charge in [0.15, 0.2) is 9.84 Å². The Balaban J connectivity index is 1.61. The van der Waals surface area contributed by atoms with Crippen LogP contribution < -0.4 is 10.6 Å². The van der Waals surface area contributed by atoms with E-state index in [-0.39, 0.29) is 41.1 Å². The lowest BCUT2D eigenvalue weighted by molar-refractivity contribution is 0.0928. The average Bonchev–Trinajstić information content (AvgIpc) is 2.80. The number of sulfone groups is 1. The zero-order valence-corrected chi connectivity index (χ0v) is 15.6. The Bertz CT molecular complexity index is 770. The highest BCUT2D eigenvalue weighted by Crippen LogP contribution is 2.18. The number of carbonyl (C=O) groups is 2. The second-order valence-corrected chi connectivity index (χ2v) is 9.39. The molecule has 2 N–H and O–H groups in total. The molecule has 2 fully saturated rings. The fourth-order valence-corrected chi connectivity index (χ4v) is 5.23. The summed E-state index contributed by atoms with van der Waals surface area (Å²) in [5.41, 5.74) is 0.524. The summed E-state index contributed by atoms with van der Waals surface area (Å²) in [7, 11) is -3.06. The molecule has 1 atom stereocenters. The molecule has 26 heavy (non-hydrogen) atoms. The van der Waals surface area contributed by atoms with E-state index < -0.39 is 9.84 Å². The van der Waals surface area contributed by atoms with E-state index in [1.807, 2.05) is 0 Å². The Kier molecular flexibility index (Phi) is 5.90. The first-order valence-electron chi connectivity index (χ1n) is 9.21. The van der Waals surface area contributed by atoms with Crippen molar-refractivity contribution in [1.29, 1.82) is 0 Å². The molecule has 7 nitrogen and oxygen atoms in total. The van der Waals surface area contributed by atoms with Crippen LogP contribution >= 0.6 is 0 Å². The third kappa shape index (κ3) is 5.03. The monoisotopic (exact) mass is 379 g/mol. The summed E-state index contributed by atoms with van der Waals surface area (Å²) in [6.07, 6.45) is 8.45. The first-order chi connectivity index (χ1) is 12.4. The Labute approximate surface area is 153 Å². The lowest BCUT2D eigenvalue weighted by Crippen LogP contribution is -2.36. The molecule has 2 amide bonds. The lowest BCUT2D eigenvalue weighted by atomic mass is 10.1. The van der Waals surface area contributed by atoms with Crippen molar-refractivity contribution in [3.8, 4) is 0 Å². The van der Waals surface area contributed by atoms with Crippen molar-refractivity contribution in [2.45, 2.75) is 57.0 Å². The molecule has 1 aliphatic heterocycles. The Morgan fingerprint density at radius 3 is 2.31 bits per heavy atom. The van der Waals surface area contributed by atoms with E-state index in [0.717, 1.165) is 25.7 Å². The Morgan fingerprint density at radius 2 is 1.65 bits per heavy atom. The molecule has 1 aromatic rings. The number of hydrogen-bond donors (Lipinski definition) is 2. The number of carbonyl (C=O) groups excluding carboxylic acids is 2. The van der Waals surface area contributed by atoms with Crippen LogP contribution in [0.3, 0.4) is 0 Å². The van der Waals surface area contributed by atoms with Gasteiger partial charge in [0, 0.05) is 23.8 Å². The van der Waals surface area contributed by atoms with Crippen molar-refractivity contribution >= 4 is 21.7 Å². The second kappa shape index (κ2) is 8.16. The van der Waals surface area contributed by atoms with Gasteiger partial charge in [-0.25, -0.2) is 8.42 Å². The highest BCUT2D eigenvalue weighted by molar-refractivity contribution is 7.91. The van der Waals surface area contributed by atoms with Gasteiger partial charge in [0.1, 0.15) is 5.69 Å². The molecule has 142 valence electrons. The average molecular weight is 379 g/mol. The molecule has 0 spiro atoms. The predicted octanol–water partition coefficient (Wildman–Crippen LogP) is 1.45. The lowest BCUT2D eigenvalue weighted by Gasteiger charge is -2.16. The molecular weight excluding hydrogens is 354 g/mol. The van der Waals surface area contributed by atoms with E-state index in [1.54, 1.807) is 0 Å². The molecular formula is C18H25N3O4S. The van der Waals surface area contributed by atoms with Crippen molar-refractivity contribution in [2.24, 2.45) is 0 Å². The minimum Gasteiger partial charge on any atom is -0.348 e. The van der Waals surface area contributed by atoms with Crippen LogP contribution in [0.1, 0.15) is 65.8 Å². The van der Waals surface area contributed by atoms with Gasteiger partial charge in [-0.3, -0.25) is 14.6 Å².